The minimum atomic E-state index is -4.34. The van der Waals surface area contributed by atoms with Crippen LogP contribution in [0.3, 0.4) is 0 Å². The van der Waals surface area contributed by atoms with Crippen molar-refractivity contribution >= 4 is 5.69 Å². The molecule has 7 nitrogen and oxygen atoms in total. The van der Waals surface area contributed by atoms with Crippen LogP contribution in [0.25, 0.3) is 0 Å². The first-order valence-corrected chi connectivity index (χ1v) is 16.1. The molecular weight excluding hydrogens is 573 g/mol. The van der Waals surface area contributed by atoms with Crippen molar-refractivity contribution in [2.24, 2.45) is 23.7 Å². The predicted molar refractivity (Wildman–Crippen MR) is 157 cm³/mol. The van der Waals surface area contributed by atoms with Crippen molar-refractivity contribution in [2.45, 2.75) is 89.8 Å². The Balaban J connectivity index is 0.966. The molecule has 240 valence electrons. The topological polar surface area (TPSA) is 52.6 Å². The van der Waals surface area contributed by atoms with Gasteiger partial charge in [-0.1, -0.05) is 44.2 Å². The van der Waals surface area contributed by atoms with Crippen LogP contribution in [-0.4, -0.2) is 55.0 Å². The molecule has 1 saturated carbocycles. The van der Waals surface area contributed by atoms with Gasteiger partial charge in [0.1, 0.15) is 0 Å². The molecule has 0 N–H and O–H groups in total. The second kappa shape index (κ2) is 11.5. The van der Waals surface area contributed by atoms with Crippen molar-refractivity contribution in [3.63, 3.8) is 0 Å². The van der Waals surface area contributed by atoms with E-state index in [4.69, 9.17) is 24.0 Å². The van der Waals surface area contributed by atoms with Crippen molar-refractivity contribution in [1.82, 2.24) is 4.90 Å². The average Bonchev–Trinajstić information content (AvgIpc) is 3.24. The van der Waals surface area contributed by atoms with E-state index in [9.17, 15) is 13.2 Å². The van der Waals surface area contributed by atoms with Gasteiger partial charge < -0.3 is 19.1 Å². The zero-order valence-electron chi connectivity index (χ0n) is 25.7. The Kier molecular flexibility index (Phi) is 7.99. The van der Waals surface area contributed by atoms with Gasteiger partial charge in [0.2, 0.25) is 5.79 Å². The Morgan fingerprint density at radius 2 is 1.68 bits per heavy atom. The summed E-state index contributed by atoms with van der Waals surface area (Å²) in [4.78, 5) is 16.5. The third kappa shape index (κ3) is 5.56. The van der Waals surface area contributed by atoms with Gasteiger partial charge in [0.05, 0.1) is 12.2 Å². The maximum atomic E-state index is 13.2. The highest BCUT2D eigenvalue weighted by molar-refractivity contribution is 5.49. The van der Waals surface area contributed by atoms with Crippen LogP contribution in [0.15, 0.2) is 48.5 Å². The molecule has 5 aliphatic heterocycles. The van der Waals surface area contributed by atoms with Gasteiger partial charge in [-0.05, 0) is 67.3 Å². The van der Waals surface area contributed by atoms with E-state index in [1.165, 1.54) is 17.7 Å². The van der Waals surface area contributed by atoms with Crippen LogP contribution in [0.2, 0.25) is 0 Å². The second-order valence-corrected chi connectivity index (χ2v) is 13.7. The van der Waals surface area contributed by atoms with Gasteiger partial charge in [0.25, 0.3) is 0 Å². The van der Waals surface area contributed by atoms with Crippen molar-refractivity contribution in [3.05, 3.63) is 65.2 Å². The smallest absolute Gasteiger partial charge is 0.369 e. The van der Waals surface area contributed by atoms with Gasteiger partial charge in [-0.3, -0.25) is 4.90 Å². The average molecular weight is 617 g/mol. The number of alkyl halides is 3. The molecule has 6 fully saturated rings. The highest BCUT2D eigenvalue weighted by atomic mass is 19.4. The summed E-state index contributed by atoms with van der Waals surface area (Å²) in [6.45, 7) is 10.6. The lowest BCUT2D eigenvalue weighted by atomic mass is 9.58. The van der Waals surface area contributed by atoms with E-state index in [1.54, 1.807) is 6.07 Å². The number of rotatable bonds is 6. The molecule has 5 saturated heterocycles. The number of benzene rings is 2. The summed E-state index contributed by atoms with van der Waals surface area (Å²) in [6.07, 6.45) is -1.32. The van der Waals surface area contributed by atoms with Crippen LogP contribution in [0.1, 0.15) is 63.1 Å². The number of halogens is 3. The molecule has 44 heavy (non-hydrogen) atoms. The van der Waals surface area contributed by atoms with Crippen LogP contribution in [0.5, 0.6) is 0 Å². The molecule has 1 spiro atoms. The predicted octanol–water partition coefficient (Wildman–Crippen LogP) is 6.75. The molecule has 8 rings (SSSR count). The normalized spacial score (nSPS) is 37.5. The van der Waals surface area contributed by atoms with Crippen LogP contribution in [0.4, 0.5) is 18.9 Å². The van der Waals surface area contributed by atoms with Crippen molar-refractivity contribution in [3.8, 4) is 0 Å². The molecule has 6 aliphatic rings. The molecule has 8 atom stereocenters. The Morgan fingerprint density at radius 3 is 2.48 bits per heavy atom. The minimum Gasteiger partial charge on any atom is -0.369 e. The molecule has 5 heterocycles. The van der Waals surface area contributed by atoms with E-state index in [-0.39, 0.29) is 11.8 Å². The molecule has 0 radical (unpaired) electrons. The standard InChI is InChI=1S/C34H43F3N2O5/c1-22-10-11-29-23(2)30(41-31-33(29)28(22)12-13-32(3,42-31)43-44-33)40-21-25-7-4-6-24(18-25)20-38-14-16-39(17-15-38)27-9-5-8-26(19-27)34(35,36)37/h4-9,18-19,22-23,28-31H,10-17,20-21H2,1-3H3/t22-,23-,28+,29+,30+,31-,32-,33-/m1/s1. The van der Waals surface area contributed by atoms with E-state index in [0.29, 0.717) is 37.2 Å². The van der Waals surface area contributed by atoms with Crippen LogP contribution in [-0.2, 0) is 43.3 Å². The zero-order chi connectivity index (χ0) is 30.7. The van der Waals surface area contributed by atoms with Crippen molar-refractivity contribution in [1.29, 1.82) is 0 Å². The van der Waals surface area contributed by atoms with Crippen LogP contribution in [0, 0.1) is 23.7 Å². The summed E-state index contributed by atoms with van der Waals surface area (Å²) in [5.41, 5.74) is 1.68. The lowest BCUT2D eigenvalue weighted by Gasteiger charge is -2.60. The molecule has 0 aromatic heterocycles. The summed E-state index contributed by atoms with van der Waals surface area (Å²) in [5, 5.41) is 0. The number of hydrogen-bond acceptors (Lipinski definition) is 7. The number of fused-ring (bicyclic) bond motifs is 2. The SMILES string of the molecule is C[C@H]1[C@@H](OCc2cccc(CN3CCN(c4cccc(C(F)(F)F)c4)CC3)c2)O[C@@H]2O[C@@]3(C)CC[C@H]4[C@H](C)CC[C@@H]1[C@@]24OO3. The number of anilines is 1. The monoisotopic (exact) mass is 616 g/mol. The van der Waals surface area contributed by atoms with Gasteiger partial charge in [-0.15, -0.1) is 0 Å². The van der Waals surface area contributed by atoms with Gasteiger partial charge in [0, 0.05) is 56.7 Å². The molecule has 0 amide bonds. The maximum Gasteiger partial charge on any atom is 0.416 e. The Morgan fingerprint density at radius 1 is 0.909 bits per heavy atom. The summed E-state index contributed by atoms with van der Waals surface area (Å²) in [5.74, 6) is 0.363. The highest BCUT2D eigenvalue weighted by Gasteiger charge is 2.69. The lowest BCUT2D eigenvalue weighted by molar-refractivity contribution is -0.577. The lowest BCUT2D eigenvalue weighted by Crippen LogP contribution is -2.70. The molecular formula is C34H43F3N2O5. The Bertz CT molecular complexity index is 1340. The highest BCUT2D eigenvalue weighted by Crippen LogP contribution is 2.60. The molecule has 0 unspecified atom stereocenters. The zero-order valence-corrected chi connectivity index (χ0v) is 25.7. The van der Waals surface area contributed by atoms with E-state index in [0.717, 1.165) is 56.9 Å². The van der Waals surface area contributed by atoms with E-state index >= 15 is 0 Å². The van der Waals surface area contributed by atoms with Crippen LogP contribution >= 0.6 is 0 Å². The first kappa shape index (κ1) is 30.4. The number of piperazine rings is 1. The molecule has 2 bridgehead atoms. The third-order valence-corrected chi connectivity index (χ3v) is 10.8. The third-order valence-electron chi connectivity index (χ3n) is 10.8. The summed E-state index contributed by atoms with van der Waals surface area (Å²) in [6, 6.07) is 14.0. The fourth-order valence-corrected chi connectivity index (χ4v) is 8.36. The molecule has 1 aliphatic carbocycles. The number of ether oxygens (including phenoxy) is 3. The van der Waals surface area contributed by atoms with Gasteiger partial charge >= 0.3 is 6.18 Å². The maximum absolute atomic E-state index is 13.2. The number of hydrogen-bond donors (Lipinski definition) is 0. The first-order valence-electron chi connectivity index (χ1n) is 16.1. The van der Waals surface area contributed by atoms with Crippen LogP contribution < -0.4 is 4.90 Å². The van der Waals surface area contributed by atoms with E-state index in [1.807, 2.05) is 11.8 Å². The van der Waals surface area contributed by atoms with Gasteiger partial charge in [0.15, 0.2) is 18.2 Å². The van der Waals surface area contributed by atoms with Crippen molar-refractivity contribution < 1.29 is 37.2 Å². The number of nitrogens with zero attached hydrogens (tertiary/aromatic N) is 2. The summed E-state index contributed by atoms with van der Waals surface area (Å²) >= 11 is 0. The quantitative estimate of drug-likeness (QED) is 0.333. The van der Waals surface area contributed by atoms with Crippen molar-refractivity contribution in [2.75, 3.05) is 31.1 Å². The minimum absolute atomic E-state index is 0.118. The fourth-order valence-electron chi connectivity index (χ4n) is 8.36. The van der Waals surface area contributed by atoms with Gasteiger partial charge in [-0.2, -0.15) is 13.2 Å². The molecule has 10 heteroatoms. The Hall–Kier alpha value is -2.21. The first-order chi connectivity index (χ1) is 21.0. The summed E-state index contributed by atoms with van der Waals surface area (Å²) < 4.78 is 59.1. The second-order valence-electron chi connectivity index (χ2n) is 13.7. The fraction of sp³-hybridized carbons (Fsp3) is 0.647. The molecule has 2 aromatic carbocycles. The van der Waals surface area contributed by atoms with Gasteiger partial charge in [-0.25, -0.2) is 9.78 Å². The Labute approximate surface area is 257 Å². The largest absolute Gasteiger partial charge is 0.416 e. The molecule has 2 aromatic rings. The van der Waals surface area contributed by atoms with E-state index in [2.05, 4.69) is 43.0 Å². The van der Waals surface area contributed by atoms with E-state index < -0.39 is 35.7 Å². The summed E-state index contributed by atoms with van der Waals surface area (Å²) in [7, 11) is 0.